The van der Waals surface area contributed by atoms with Crippen molar-refractivity contribution in [2.75, 3.05) is 6.54 Å². The first-order chi connectivity index (χ1) is 10.8. The standard InChI is InChI=1S/C18H20N2OS/c21-18(13-7-2-1-3-8-13)20-12-6-10-15(20)17-19-14-9-4-5-11-16(14)22-17/h1-2,4-5,9,11,13,15H,3,6-8,10,12H2/t13-,15+/m1/s1. The van der Waals surface area contributed by atoms with Gasteiger partial charge in [0.25, 0.3) is 0 Å². The first-order valence-electron chi connectivity index (χ1n) is 8.14. The number of hydrogen-bond donors (Lipinski definition) is 0. The lowest BCUT2D eigenvalue weighted by Gasteiger charge is -2.28. The summed E-state index contributed by atoms with van der Waals surface area (Å²) >= 11 is 1.74. The second kappa shape index (κ2) is 5.84. The highest BCUT2D eigenvalue weighted by Gasteiger charge is 2.35. The molecule has 2 heterocycles. The Morgan fingerprint density at radius 1 is 1.23 bits per heavy atom. The van der Waals surface area contributed by atoms with Crippen LogP contribution in [0.25, 0.3) is 10.2 Å². The Labute approximate surface area is 134 Å². The van der Waals surface area contributed by atoms with Crippen molar-refractivity contribution in [1.29, 1.82) is 0 Å². The van der Waals surface area contributed by atoms with Crippen LogP contribution in [0.1, 0.15) is 43.2 Å². The monoisotopic (exact) mass is 312 g/mol. The number of thiazole rings is 1. The lowest BCUT2D eigenvalue weighted by atomic mass is 9.93. The molecule has 1 fully saturated rings. The van der Waals surface area contributed by atoms with E-state index < -0.39 is 0 Å². The molecule has 0 spiro atoms. The summed E-state index contributed by atoms with van der Waals surface area (Å²) in [5.74, 6) is 0.520. The van der Waals surface area contributed by atoms with Crippen molar-refractivity contribution >= 4 is 27.5 Å². The van der Waals surface area contributed by atoms with E-state index in [4.69, 9.17) is 4.98 Å². The zero-order valence-corrected chi connectivity index (χ0v) is 13.4. The van der Waals surface area contributed by atoms with Gasteiger partial charge in [0.2, 0.25) is 5.91 Å². The fourth-order valence-electron chi connectivity index (χ4n) is 3.57. The van der Waals surface area contributed by atoms with Gasteiger partial charge in [-0.1, -0.05) is 24.3 Å². The molecule has 4 heteroatoms. The number of carbonyl (C=O) groups is 1. The van der Waals surface area contributed by atoms with Crippen LogP contribution in [0.4, 0.5) is 0 Å². The van der Waals surface area contributed by atoms with Crippen LogP contribution in [-0.4, -0.2) is 22.3 Å². The highest BCUT2D eigenvalue weighted by Crippen LogP contribution is 2.38. The van der Waals surface area contributed by atoms with Crippen molar-refractivity contribution in [2.45, 2.75) is 38.1 Å². The number of nitrogens with zero attached hydrogens (tertiary/aromatic N) is 2. The Kier molecular flexibility index (Phi) is 3.70. The summed E-state index contributed by atoms with van der Waals surface area (Å²) in [5.41, 5.74) is 1.06. The third kappa shape index (κ3) is 2.45. The average Bonchev–Trinajstić information content (AvgIpc) is 3.21. The summed E-state index contributed by atoms with van der Waals surface area (Å²) in [4.78, 5) is 19.8. The maximum atomic E-state index is 12.9. The Bertz CT molecular complexity index is 688. The van der Waals surface area contributed by atoms with Crippen molar-refractivity contribution in [3.05, 3.63) is 41.4 Å². The van der Waals surface area contributed by atoms with Crippen molar-refractivity contribution < 1.29 is 4.79 Å². The molecular weight excluding hydrogens is 292 g/mol. The number of carbonyl (C=O) groups excluding carboxylic acids is 1. The molecule has 0 N–H and O–H groups in total. The summed E-state index contributed by atoms with van der Waals surface area (Å²) in [6.07, 6.45) is 9.44. The number of rotatable bonds is 2. The van der Waals surface area contributed by atoms with E-state index in [1.54, 1.807) is 11.3 Å². The van der Waals surface area contributed by atoms with Gasteiger partial charge in [-0.3, -0.25) is 4.79 Å². The number of fused-ring (bicyclic) bond motifs is 1. The molecule has 1 aromatic carbocycles. The number of hydrogen-bond acceptors (Lipinski definition) is 3. The van der Waals surface area contributed by atoms with Crippen LogP contribution in [0.5, 0.6) is 0 Å². The molecular formula is C18H20N2OS. The predicted molar refractivity (Wildman–Crippen MR) is 89.8 cm³/mol. The van der Waals surface area contributed by atoms with E-state index in [2.05, 4.69) is 35.3 Å². The maximum absolute atomic E-state index is 12.9. The second-order valence-electron chi connectivity index (χ2n) is 6.19. The molecule has 0 unspecified atom stereocenters. The lowest BCUT2D eigenvalue weighted by molar-refractivity contribution is -0.136. The van der Waals surface area contributed by atoms with E-state index in [1.165, 1.54) is 4.70 Å². The molecule has 2 atom stereocenters. The van der Waals surface area contributed by atoms with Crippen molar-refractivity contribution in [1.82, 2.24) is 9.88 Å². The fourth-order valence-corrected chi connectivity index (χ4v) is 4.69. The molecule has 3 nitrogen and oxygen atoms in total. The molecule has 2 aliphatic rings. The molecule has 1 aromatic heterocycles. The molecule has 0 radical (unpaired) electrons. The Morgan fingerprint density at radius 2 is 2.14 bits per heavy atom. The van der Waals surface area contributed by atoms with Crippen LogP contribution in [-0.2, 0) is 4.79 Å². The number of para-hydroxylation sites is 1. The van der Waals surface area contributed by atoms with E-state index in [0.29, 0.717) is 5.91 Å². The number of amides is 1. The molecule has 1 aliphatic carbocycles. The summed E-state index contributed by atoms with van der Waals surface area (Å²) < 4.78 is 1.22. The first kappa shape index (κ1) is 13.9. The third-order valence-corrected chi connectivity index (χ3v) is 5.89. The number of benzene rings is 1. The van der Waals surface area contributed by atoms with Gasteiger partial charge in [-0.25, -0.2) is 4.98 Å². The molecule has 0 saturated carbocycles. The molecule has 1 aliphatic heterocycles. The molecule has 4 rings (SSSR count). The summed E-state index contributed by atoms with van der Waals surface area (Å²) in [7, 11) is 0. The Morgan fingerprint density at radius 3 is 2.95 bits per heavy atom. The average molecular weight is 312 g/mol. The zero-order valence-electron chi connectivity index (χ0n) is 12.6. The quantitative estimate of drug-likeness (QED) is 0.774. The molecule has 22 heavy (non-hydrogen) atoms. The molecule has 0 bridgehead atoms. The summed E-state index contributed by atoms with van der Waals surface area (Å²) in [5, 5.41) is 1.11. The summed E-state index contributed by atoms with van der Waals surface area (Å²) in [6, 6.07) is 8.44. The van der Waals surface area contributed by atoms with E-state index in [-0.39, 0.29) is 12.0 Å². The molecule has 2 aromatic rings. The van der Waals surface area contributed by atoms with E-state index >= 15 is 0 Å². The van der Waals surface area contributed by atoms with Gasteiger partial charge in [0.05, 0.1) is 16.3 Å². The van der Waals surface area contributed by atoms with Crippen LogP contribution in [0.15, 0.2) is 36.4 Å². The van der Waals surface area contributed by atoms with Gasteiger partial charge in [-0.15, -0.1) is 11.3 Å². The molecule has 114 valence electrons. The normalized spacial score (nSPS) is 25.0. The highest BCUT2D eigenvalue weighted by atomic mass is 32.1. The van der Waals surface area contributed by atoms with Gasteiger partial charge >= 0.3 is 0 Å². The number of allylic oxidation sites excluding steroid dienone is 2. The predicted octanol–water partition coefficient (Wildman–Crippen LogP) is 4.32. The number of likely N-dealkylation sites (tertiary alicyclic amines) is 1. The second-order valence-corrected chi connectivity index (χ2v) is 7.25. The van der Waals surface area contributed by atoms with Crippen molar-refractivity contribution in [3.8, 4) is 0 Å². The SMILES string of the molecule is O=C([C@@H]1CC=CCC1)N1CCC[C@H]1c1nc2ccccc2s1. The van der Waals surface area contributed by atoms with Crippen molar-refractivity contribution in [3.63, 3.8) is 0 Å². The number of aromatic nitrogens is 1. The minimum atomic E-state index is 0.181. The van der Waals surface area contributed by atoms with Crippen LogP contribution in [0, 0.1) is 5.92 Å². The third-order valence-electron chi connectivity index (χ3n) is 4.75. The first-order valence-corrected chi connectivity index (χ1v) is 8.95. The fraction of sp³-hybridized carbons (Fsp3) is 0.444. The van der Waals surface area contributed by atoms with Gasteiger partial charge < -0.3 is 4.90 Å². The Balaban J connectivity index is 1.60. The Hall–Kier alpha value is -1.68. The summed E-state index contributed by atoms with van der Waals surface area (Å²) in [6.45, 7) is 0.889. The molecule has 1 amide bonds. The zero-order chi connectivity index (χ0) is 14.9. The van der Waals surface area contributed by atoms with E-state index in [1.807, 2.05) is 6.07 Å². The van der Waals surface area contributed by atoms with Crippen molar-refractivity contribution in [2.24, 2.45) is 5.92 Å². The van der Waals surface area contributed by atoms with Crippen LogP contribution < -0.4 is 0 Å². The van der Waals surface area contributed by atoms with E-state index in [0.717, 1.165) is 49.2 Å². The van der Waals surface area contributed by atoms with Gasteiger partial charge in [0, 0.05) is 12.5 Å². The smallest absolute Gasteiger partial charge is 0.226 e. The highest BCUT2D eigenvalue weighted by molar-refractivity contribution is 7.18. The van der Waals surface area contributed by atoms with Gasteiger partial charge in [-0.05, 0) is 44.2 Å². The van der Waals surface area contributed by atoms with Crippen LogP contribution in [0.2, 0.25) is 0 Å². The maximum Gasteiger partial charge on any atom is 0.226 e. The lowest BCUT2D eigenvalue weighted by Crippen LogP contribution is -2.36. The van der Waals surface area contributed by atoms with Crippen LogP contribution >= 0.6 is 11.3 Å². The molecule has 1 saturated heterocycles. The topological polar surface area (TPSA) is 33.2 Å². The van der Waals surface area contributed by atoms with Gasteiger partial charge in [-0.2, -0.15) is 0 Å². The van der Waals surface area contributed by atoms with Crippen LogP contribution in [0.3, 0.4) is 0 Å². The largest absolute Gasteiger partial charge is 0.333 e. The minimum absolute atomic E-state index is 0.181. The van der Waals surface area contributed by atoms with Gasteiger partial charge in [0.15, 0.2) is 0 Å². The van der Waals surface area contributed by atoms with Gasteiger partial charge in [0.1, 0.15) is 5.01 Å². The van der Waals surface area contributed by atoms with E-state index in [9.17, 15) is 4.79 Å². The minimum Gasteiger partial charge on any atom is -0.333 e.